The van der Waals surface area contributed by atoms with Gasteiger partial charge in [0.05, 0.1) is 44.0 Å². The number of fused-ring (bicyclic) bond motifs is 1. The van der Waals surface area contributed by atoms with Crippen LogP contribution in [-0.4, -0.2) is 65.1 Å². The fourth-order valence-corrected chi connectivity index (χ4v) is 3.59. The third-order valence-electron chi connectivity index (χ3n) is 3.93. The van der Waals surface area contributed by atoms with Crippen LogP contribution in [0.25, 0.3) is 0 Å². The van der Waals surface area contributed by atoms with E-state index in [9.17, 15) is 22.0 Å². The second kappa shape index (κ2) is 4.98. The van der Waals surface area contributed by atoms with Crippen molar-refractivity contribution in [2.45, 2.75) is 24.9 Å². The summed E-state index contributed by atoms with van der Waals surface area (Å²) in [6.07, 6.45) is 2.60. The highest BCUT2D eigenvalue weighted by Crippen LogP contribution is 2.30. The van der Waals surface area contributed by atoms with E-state index in [4.69, 9.17) is 0 Å². The van der Waals surface area contributed by atoms with Gasteiger partial charge in [-0.05, 0) is 6.07 Å². The molecule has 22 heavy (non-hydrogen) atoms. The Bertz CT molecular complexity index is 695. The molecule has 3 heterocycles. The molecule has 0 saturated carbocycles. The maximum absolute atomic E-state index is 12.8. The number of amides is 1. The van der Waals surface area contributed by atoms with Crippen molar-refractivity contribution in [2.75, 3.05) is 25.9 Å². The summed E-state index contributed by atoms with van der Waals surface area (Å²) in [5, 5.41) is 4.12. The lowest BCUT2D eigenvalue weighted by Crippen LogP contribution is -2.59. The second-order valence-electron chi connectivity index (χ2n) is 5.79. The Kier molecular flexibility index (Phi) is 3.48. The number of carbonyl (C=O) groups is 1. The molecular weight excluding hydrogens is 318 g/mol. The first-order valence-electron chi connectivity index (χ1n) is 6.79. The highest BCUT2D eigenvalue weighted by molar-refractivity contribution is 7.88. The van der Waals surface area contributed by atoms with Crippen LogP contribution in [0.2, 0.25) is 0 Å². The third-order valence-corrected chi connectivity index (χ3v) is 5.14. The molecule has 2 aliphatic rings. The minimum atomic E-state index is -3.40. The van der Waals surface area contributed by atoms with E-state index in [1.54, 1.807) is 10.7 Å². The predicted octanol–water partition coefficient (Wildman–Crippen LogP) is 0.0670. The van der Waals surface area contributed by atoms with Gasteiger partial charge in [-0.15, -0.1) is 0 Å². The molecule has 1 amide bonds. The van der Waals surface area contributed by atoms with Crippen molar-refractivity contribution in [1.29, 1.82) is 0 Å². The van der Waals surface area contributed by atoms with E-state index in [2.05, 4.69) is 5.10 Å². The zero-order valence-electron chi connectivity index (χ0n) is 11.9. The quantitative estimate of drug-likeness (QED) is 0.784. The molecule has 0 N–H and O–H groups in total. The largest absolute Gasteiger partial charge is 0.330 e. The van der Waals surface area contributed by atoms with Crippen LogP contribution in [0.3, 0.4) is 0 Å². The van der Waals surface area contributed by atoms with Crippen molar-refractivity contribution >= 4 is 15.9 Å². The van der Waals surface area contributed by atoms with Gasteiger partial charge in [0, 0.05) is 12.7 Å². The lowest BCUT2D eigenvalue weighted by molar-refractivity contribution is -0.166. The molecule has 10 heteroatoms. The van der Waals surface area contributed by atoms with E-state index in [1.165, 1.54) is 10.5 Å². The lowest BCUT2D eigenvalue weighted by atomic mass is 10.1. The van der Waals surface area contributed by atoms with Crippen molar-refractivity contribution in [2.24, 2.45) is 0 Å². The van der Waals surface area contributed by atoms with Crippen LogP contribution in [0.15, 0.2) is 12.3 Å². The Morgan fingerprint density at radius 1 is 1.45 bits per heavy atom. The van der Waals surface area contributed by atoms with E-state index >= 15 is 0 Å². The van der Waals surface area contributed by atoms with Gasteiger partial charge < -0.3 is 4.90 Å². The van der Waals surface area contributed by atoms with Gasteiger partial charge in [0.25, 0.3) is 5.92 Å². The number of carbonyl (C=O) groups excluding carboxylic acids is 1. The summed E-state index contributed by atoms with van der Waals surface area (Å²) < 4.78 is 52.0. The molecule has 1 saturated heterocycles. The monoisotopic (exact) mass is 334 g/mol. The Morgan fingerprint density at radius 3 is 2.73 bits per heavy atom. The van der Waals surface area contributed by atoms with Gasteiger partial charge in [-0.3, -0.25) is 9.48 Å². The van der Waals surface area contributed by atoms with Gasteiger partial charge in [0.1, 0.15) is 0 Å². The molecular formula is C12H16F2N4O3S. The number of alkyl halides is 2. The fourth-order valence-electron chi connectivity index (χ4n) is 2.78. The average Bonchev–Trinajstić information content (AvgIpc) is 2.83. The SMILES string of the molecule is CS(=O)(=O)N1Cc2ccnn2[C@H](CC(=O)N2CC(F)(F)C2)C1. The topological polar surface area (TPSA) is 75.5 Å². The highest BCUT2D eigenvalue weighted by atomic mass is 32.2. The van der Waals surface area contributed by atoms with Crippen molar-refractivity contribution in [3.05, 3.63) is 18.0 Å². The van der Waals surface area contributed by atoms with Crippen LogP contribution in [-0.2, 0) is 21.4 Å². The number of aromatic nitrogens is 2. The number of sulfonamides is 1. The molecule has 122 valence electrons. The summed E-state index contributed by atoms with van der Waals surface area (Å²) >= 11 is 0. The maximum atomic E-state index is 12.8. The summed E-state index contributed by atoms with van der Waals surface area (Å²) in [5.74, 6) is -3.22. The summed E-state index contributed by atoms with van der Waals surface area (Å²) in [5.41, 5.74) is 0.684. The number of hydrogen-bond donors (Lipinski definition) is 0. The van der Waals surface area contributed by atoms with Crippen LogP contribution in [0.5, 0.6) is 0 Å². The van der Waals surface area contributed by atoms with Crippen molar-refractivity contribution < 1.29 is 22.0 Å². The first-order valence-corrected chi connectivity index (χ1v) is 8.64. The Morgan fingerprint density at radius 2 is 2.14 bits per heavy atom. The van der Waals surface area contributed by atoms with Gasteiger partial charge in [-0.2, -0.15) is 9.40 Å². The lowest BCUT2D eigenvalue weighted by Gasteiger charge is -2.40. The molecule has 7 nitrogen and oxygen atoms in total. The minimum Gasteiger partial charge on any atom is -0.330 e. The maximum Gasteiger partial charge on any atom is 0.282 e. The van der Waals surface area contributed by atoms with Crippen molar-refractivity contribution in [1.82, 2.24) is 19.0 Å². The molecule has 0 aromatic carbocycles. The Hall–Kier alpha value is -1.55. The molecule has 1 fully saturated rings. The first-order chi connectivity index (χ1) is 10.2. The molecule has 0 radical (unpaired) electrons. The molecule has 0 aliphatic carbocycles. The average molecular weight is 334 g/mol. The van der Waals surface area contributed by atoms with E-state index in [-0.39, 0.29) is 19.5 Å². The minimum absolute atomic E-state index is 0.0449. The third kappa shape index (κ3) is 2.84. The zero-order valence-corrected chi connectivity index (χ0v) is 12.8. The van der Waals surface area contributed by atoms with Gasteiger partial charge in [0.15, 0.2) is 0 Å². The number of rotatable bonds is 3. The summed E-state index contributed by atoms with van der Waals surface area (Å²) in [6, 6.07) is 1.21. The summed E-state index contributed by atoms with van der Waals surface area (Å²) in [6.45, 7) is -0.824. The Labute approximate surface area is 126 Å². The van der Waals surface area contributed by atoms with E-state index in [0.717, 1.165) is 11.2 Å². The summed E-state index contributed by atoms with van der Waals surface area (Å²) in [7, 11) is -3.40. The van der Waals surface area contributed by atoms with Crippen LogP contribution >= 0.6 is 0 Å². The van der Waals surface area contributed by atoms with Crippen LogP contribution in [0, 0.1) is 0 Å². The first kappa shape index (κ1) is 15.3. The van der Waals surface area contributed by atoms with Crippen molar-refractivity contribution in [3.8, 4) is 0 Å². The van der Waals surface area contributed by atoms with Crippen LogP contribution in [0.1, 0.15) is 18.2 Å². The molecule has 2 aliphatic heterocycles. The van der Waals surface area contributed by atoms with Gasteiger partial charge >= 0.3 is 0 Å². The fraction of sp³-hybridized carbons (Fsp3) is 0.667. The molecule has 0 spiro atoms. The molecule has 3 rings (SSSR count). The number of hydrogen-bond acceptors (Lipinski definition) is 4. The van der Waals surface area contributed by atoms with Crippen molar-refractivity contribution in [3.63, 3.8) is 0 Å². The van der Waals surface area contributed by atoms with E-state index in [1.807, 2.05) is 0 Å². The molecule has 0 bridgehead atoms. The highest BCUT2D eigenvalue weighted by Gasteiger charge is 2.46. The second-order valence-corrected chi connectivity index (χ2v) is 7.77. The molecule has 1 atom stereocenters. The molecule has 0 unspecified atom stereocenters. The van der Waals surface area contributed by atoms with Gasteiger partial charge in [-0.25, -0.2) is 17.2 Å². The number of likely N-dealkylation sites (tertiary alicyclic amines) is 1. The zero-order chi connectivity index (χ0) is 16.1. The standard InChI is InChI=1S/C12H16F2N4O3S/c1-22(20,21)17-5-9-2-3-15-18(9)10(6-17)4-11(19)16-7-12(13,14)8-16/h2-3,10H,4-8H2,1H3/t10-/m1/s1. The number of halogens is 2. The Balaban J connectivity index is 1.74. The molecule has 1 aromatic heterocycles. The summed E-state index contributed by atoms with van der Waals surface area (Å²) in [4.78, 5) is 13.1. The van der Waals surface area contributed by atoms with Gasteiger partial charge in [0.2, 0.25) is 15.9 Å². The predicted molar refractivity (Wildman–Crippen MR) is 72.7 cm³/mol. The van der Waals surface area contributed by atoms with Crippen LogP contribution in [0.4, 0.5) is 8.78 Å². The normalized spacial score (nSPS) is 24.7. The van der Waals surface area contributed by atoms with E-state index in [0.29, 0.717) is 5.69 Å². The number of nitrogens with zero attached hydrogens (tertiary/aromatic N) is 4. The molecule has 1 aromatic rings. The van der Waals surface area contributed by atoms with Crippen LogP contribution < -0.4 is 0 Å². The van der Waals surface area contributed by atoms with Gasteiger partial charge in [-0.1, -0.05) is 0 Å². The van der Waals surface area contributed by atoms with E-state index < -0.39 is 41.0 Å². The smallest absolute Gasteiger partial charge is 0.282 e.